The van der Waals surface area contributed by atoms with E-state index in [1.807, 2.05) is 36.4 Å². The Bertz CT molecular complexity index is 2230. The van der Waals surface area contributed by atoms with Gasteiger partial charge in [0, 0.05) is 49.8 Å². The van der Waals surface area contributed by atoms with E-state index in [-0.39, 0.29) is 23.6 Å². The molecule has 10 nitrogen and oxygen atoms in total. The van der Waals surface area contributed by atoms with Crippen LogP contribution >= 0.6 is 0 Å². The molecule has 1 atom stereocenters. The maximum Gasteiger partial charge on any atom is 0.409 e. The number of rotatable bonds is 10. The van der Waals surface area contributed by atoms with Crippen molar-refractivity contribution in [2.75, 3.05) is 19.7 Å². The van der Waals surface area contributed by atoms with Gasteiger partial charge in [-0.1, -0.05) is 91.0 Å². The second-order valence-corrected chi connectivity index (χ2v) is 14.5. The number of likely N-dealkylation sites (tertiary alicyclic amines) is 1. The second-order valence-electron chi connectivity index (χ2n) is 12.8. The predicted octanol–water partition coefficient (Wildman–Crippen LogP) is 6.45. The molecule has 1 aliphatic rings. The molecule has 4 aromatic carbocycles. The monoisotopic (exact) mass is 689 g/mol. The quantitative estimate of drug-likeness (QED) is 0.163. The van der Waals surface area contributed by atoms with Crippen LogP contribution in [0.3, 0.4) is 0 Å². The van der Waals surface area contributed by atoms with Gasteiger partial charge in [-0.3, -0.25) is 14.5 Å². The van der Waals surface area contributed by atoms with Gasteiger partial charge in [0.05, 0.1) is 16.6 Å². The van der Waals surface area contributed by atoms with Gasteiger partial charge in [0.15, 0.2) is 0 Å². The molecule has 0 bridgehead atoms. The number of hydrogen-bond acceptors (Lipinski definition) is 7. The lowest BCUT2D eigenvalue weighted by molar-refractivity contribution is 0.0567. The first-order valence-corrected chi connectivity index (χ1v) is 18.3. The van der Waals surface area contributed by atoms with Crippen LogP contribution in [0.4, 0.5) is 4.79 Å². The molecule has 0 aliphatic carbocycles. The molecule has 2 aromatic heterocycles. The SMILES string of the molecule is C[C@@H](COC(=O)N1CCC(n2c(=O)n(S(=O)(=O)c3cccc4cccnc34)c3ccccc32)CC1)N(Cc1ccccc1)Cc1ccccc1. The molecular weight excluding hydrogens is 651 g/mol. The molecule has 1 saturated heterocycles. The predicted molar refractivity (Wildman–Crippen MR) is 193 cm³/mol. The van der Waals surface area contributed by atoms with Crippen LogP contribution in [0, 0.1) is 0 Å². The van der Waals surface area contributed by atoms with Crippen molar-refractivity contribution in [1.29, 1.82) is 0 Å². The number of benzene rings is 4. The van der Waals surface area contributed by atoms with E-state index in [1.165, 1.54) is 17.2 Å². The van der Waals surface area contributed by atoms with Crippen LogP contribution in [0.25, 0.3) is 21.9 Å². The van der Waals surface area contributed by atoms with Crippen LogP contribution in [-0.4, -0.2) is 63.6 Å². The van der Waals surface area contributed by atoms with E-state index in [0.717, 1.165) is 17.1 Å². The summed E-state index contributed by atoms with van der Waals surface area (Å²) >= 11 is 0. The summed E-state index contributed by atoms with van der Waals surface area (Å²) in [4.78, 5) is 35.6. The Hall–Kier alpha value is -5.26. The lowest BCUT2D eigenvalue weighted by atomic mass is 10.0. The number of para-hydroxylation sites is 3. The molecule has 50 heavy (non-hydrogen) atoms. The van der Waals surface area contributed by atoms with E-state index in [9.17, 15) is 18.0 Å². The number of amides is 1. The second kappa shape index (κ2) is 14.3. The summed E-state index contributed by atoms with van der Waals surface area (Å²) in [6.07, 6.45) is 2.10. The molecule has 256 valence electrons. The molecule has 3 heterocycles. The van der Waals surface area contributed by atoms with Crippen LogP contribution in [-0.2, 0) is 27.8 Å². The van der Waals surface area contributed by atoms with Crippen LogP contribution in [0.1, 0.15) is 36.9 Å². The average molecular weight is 690 g/mol. The third-order valence-electron chi connectivity index (χ3n) is 9.47. The molecule has 0 radical (unpaired) electrons. The van der Waals surface area contributed by atoms with E-state index >= 15 is 0 Å². The highest BCUT2D eigenvalue weighted by molar-refractivity contribution is 7.90. The first-order valence-electron chi connectivity index (χ1n) is 16.9. The molecule has 7 rings (SSSR count). The summed E-state index contributed by atoms with van der Waals surface area (Å²) in [6.45, 7) is 4.48. The van der Waals surface area contributed by atoms with Crippen molar-refractivity contribution in [2.24, 2.45) is 0 Å². The minimum atomic E-state index is -4.30. The van der Waals surface area contributed by atoms with Crippen LogP contribution in [0.5, 0.6) is 0 Å². The van der Waals surface area contributed by atoms with Gasteiger partial charge in [-0.05, 0) is 55.2 Å². The summed E-state index contributed by atoms with van der Waals surface area (Å²) in [7, 11) is -4.30. The van der Waals surface area contributed by atoms with Crippen LogP contribution in [0.2, 0.25) is 0 Å². The molecule has 6 aromatic rings. The first-order chi connectivity index (χ1) is 24.3. The molecule has 0 saturated carbocycles. The fourth-order valence-electron chi connectivity index (χ4n) is 6.81. The largest absolute Gasteiger partial charge is 0.448 e. The number of carbonyl (C=O) groups is 1. The van der Waals surface area contributed by atoms with Gasteiger partial charge >= 0.3 is 11.8 Å². The van der Waals surface area contributed by atoms with Gasteiger partial charge in [-0.15, -0.1) is 0 Å². The Morgan fingerprint density at radius 1 is 0.820 bits per heavy atom. The van der Waals surface area contributed by atoms with E-state index in [0.29, 0.717) is 47.9 Å². The highest BCUT2D eigenvalue weighted by atomic mass is 32.2. The van der Waals surface area contributed by atoms with Gasteiger partial charge in [-0.2, -0.15) is 3.97 Å². The van der Waals surface area contributed by atoms with Crippen molar-refractivity contribution in [3.63, 3.8) is 0 Å². The number of pyridine rings is 1. The Kier molecular flexibility index (Phi) is 9.51. The lowest BCUT2D eigenvalue weighted by Crippen LogP contribution is -2.43. The topological polar surface area (TPSA) is 107 Å². The number of imidazole rings is 1. The van der Waals surface area contributed by atoms with Gasteiger partial charge in [0.1, 0.15) is 11.5 Å². The van der Waals surface area contributed by atoms with Gasteiger partial charge in [0.25, 0.3) is 10.0 Å². The average Bonchev–Trinajstić information content (AvgIpc) is 3.46. The number of ether oxygens (including phenoxy) is 1. The van der Waals surface area contributed by atoms with Crippen molar-refractivity contribution in [2.45, 2.75) is 49.8 Å². The van der Waals surface area contributed by atoms with Crippen molar-refractivity contribution in [3.05, 3.63) is 143 Å². The molecular formula is C39H39N5O5S. The Morgan fingerprint density at radius 2 is 1.42 bits per heavy atom. The Labute approximate surface area is 291 Å². The van der Waals surface area contributed by atoms with Crippen molar-refractivity contribution in [1.82, 2.24) is 23.3 Å². The number of aromatic nitrogens is 3. The van der Waals surface area contributed by atoms with Gasteiger partial charge in [-0.25, -0.2) is 18.0 Å². The zero-order valence-corrected chi connectivity index (χ0v) is 28.7. The highest BCUT2D eigenvalue weighted by Crippen LogP contribution is 2.29. The fourth-order valence-corrected chi connectivity index (χ4v) is 8.38. The molecule has 1 amide bonds. The highest BCUT2D eigenvalue weighted by Gasteiger charge is 2.32. The van der Waals surface area contributed by atoms with E-state index < -0.39 is 21.8 Å². The van der Waals surface area contributed by atoms with Crippen molar-refractivity contribution >= 4 is 38.1 Å². The summed E-state index contributed by atoms with van der Waals surface area (Å²) in [5.41, 5.74) is 2.87. The van der Waals surface area contributed by atoms with Crippen LogP contribution < -0.4 is 5.69 Å². The van der Waals surface area contributed by atoms with E-state index in [4.69, 9.17) is 4.74 Å². The third-order valence-corrected chi connectivity index (χ3v) is 11.2. The fraction of sp³-hybridized carbons (Fsp3) is 0.256. The number of carbonyl (C=O) groups excluding carboxylic acids is 1. The van der Waals surface area contributed by atoms with Gasteiger partial charge < -0.3 is 9.64 Å². The zero-order valence-electron chi connectivity index (χ0n) is 27.8. The number of hydrogen-bond donors (Lipinski definition) is 0. The third kappa shape index (κ3) is 6.66. The molecule has 0 unspecified atom stereocenters. The smallest absolute Gasteiger partial charge is 0.409 e. The summed E-state index contributed by atoms with van der Waals surface area (Å²) < 4.78 is 36.6. The standard InChI is InChI=1S/C39H39N5O5S/c1-29(42(26-30-12-4-2-5-13-30)27-31-14-6-3-7-15-31)28-49-39(46)41-24-21-33(22-25-41)43-34-18-8-9-19-35(34)44(38(43)45)50(47,48)36-20-10-16-32-17-11-23-40-37(32)36/h2-20,23,29,33H,21-22,24-28H2,1H3/t29-/m0/s1. The summed E-state index contributed by atoms with van der Waals surface area (Å²) in [6, 6.07) is 35.5. The Balaban J connectivity index is 1.05. The maximum atomic E-state index is 14.1. The zero-order chi connectivity index (χ0) is 34.7. The van der Waals surface area contributed by atoms with Crippen molar-refractivity contribution in [3.8, 4) is 0 Å². The summed E-state index contributed by atoms with van der Waals surface area (Å²) in [5, 5.41) is 0.666. The molecule has 11 heteroatoms. The minimum Gasteiger partial charge on any atom is -0.448 e. The lowest BCUT2D eigenvalue weighted by Gasteiger charge is -2.33. The summed E-state index contributed by atoms with van der Waals surface area (Å²) in [5.74, 6) is 0. The minimum absolute atomic E-state index is 0.0292. The van der Waals surface area contributed by atoms with Crippen molar-refractivity contribution < 1.29 is 17.9 Å². The molecule has 0 N–H and O–H groups in total. The van der Waals surface area contributed by atoms with E-state index in [2.05, 4.69) is 41.1 Å². The maximum absolute atomic E-state index is 14.1. The molecule has 0 spiro atoms. The number of nitrogens with zero attached hydrogens (tertiary/aromatic N) is 5. The van der Waals surface area contributed by atoms with Crippen LogP contribution in [0.15, 0.2) is 131 Å². The number of piperidine rings is 1. The normalized spacial score (nSPS) is 14.7. The number of fused-ring (bicyclic) bond motifs is 2. The first kappa shape index (κ1) is 33.2. The molecule has 1 fully saturated rings. The van der Waals surface area contributed by atoms with E-state index in [1.54, 1.807) is 64.2 Å². The molecule has 1 aliphatic heterocycles. The Morgan fingerprint density at radius 3 is 2.08 bits per heavy atom. The van der Waals surface area contributed by atoms with Gasteiger partial charge in [0.2, 0.25) is 0 Å².